The number of fused-ring (bicyclic) bond motifs is 1. The van der Waals surface area contributed by atoms with E-state index in [0.29, 0.717) is 6.54 Å². The van der Waals surface area contributed by atoms with E-state index in [1.807, 2.05) is 35.8 Å². The van der Waals surface area contributed by atoms with Crippen LogP contribution in [0.4, 0.5) is 0 Å². The lowest BCUT2D eigenvalue weighted by atomic mass is 10.2. The summed E-state index contributed by atoms with van der Waals surface area (Å²) in [5, 5.41) is 9.97. The molecular formula is C19H18N4O3S. The SMILES string of the molecule is O=C(Cn1nc(-c2cccs2)oc1=O)NCCCn1ccc2ccccc21. The quantitative estimate of drug-likeness (QED) is 0.498. The van der Waals surface area contributed by atoms with Gasteiger partial charge in [0.2, 0.25) is 5.91 Å². The highest BCUT2D eigenvalue weighted by Crippen LogP contribution is 2.21. The normalized spacial score (nSPS) is 11.1. The van der Waals surface area contributed by atoms with E-state index in [2.05, 4.69) is 33.2 Å². The lowest BCUT2D eigenvalue weighted by Gasteiger charge is -2.07. The molecule has 0 radical (unpaired) electrons. The molecule has 0 spiro atoms. The zero-order valence-corrected chi connectivity index (χ0v) is 15.3. The summed E-state index contributed by atoms with van der Waals surface area (Å²) in [5.41, 5.74) is 1.18. The molecule has 0 saturated heterocycles. The average Bonchev–Trinajstić information content (AvgIpc) is 3.40. The van der Waals surface area contributed by atoms with Crippen LogP contribution in [-0.4, -0.2) is 26.8 Å². The fourth-order valence-electron chi connectivity index (χ4n) is 2.91. The summed E-state index contributed by atoms with van der Waals surface area (Å²) in [7, 11) is 0. The van der Waals surface area contributed by atoms with Crippen LogP contribution < -0.4 is 11.1 Å². The minimum absolute atomic E-state index is 0.153. The number of nitrogens with one attached hydrogen (secondary N) is 1. The Morgan fingerprint density at radius 3 is 2.93 bits per heavy atom. The molecule has 27 heavy (non-hydrogen) atoms. The molecule has 0 bridgehead atoms. The van der Waals surface area contributed by atoms with E-state index in [1.54, 1.807) is 0 Å². The van der Waals surface area contributed by atoms with Crippen LogP contribution in [0.25, 0.3) is 21.7 Å². The Labute approximate surface area is 158 Å². The zero-order chi connectivity index (χ0) is 18.6. The molecule has 3 heterocycles. The number of amides is 1. The fraction of sp³-hybridized carbons (Fsp3) is 0.211. The Bertz CT molecular complexity index is 1110. The lowest BCUT2D eigenvalue weighted by molar-refractivity contribution is -0.121. The van der Waals surface area contributed by atoms with E-state index >= 15 is 0 Å². The van der Waals surface area contributed by atoms with Crippen LogP contribution in [0.1, 0.15) is 6.42 Å². The first-order valence-corrected chi connectivity index (χ1v) is 9.51. The molecule has 0 aliphatic rings. The van der Waals surface area contributed by atoms with Crippen LogP contribution in [0.3, 0.4) is 0 Å². The largest absolute Gasteiger partial charge is 0.437 e. The molecule has 4 aromatic rings. The number of carbonyl (C=O) groups is 1. The number of para-hydroxylation sites is 1. The van der Waals surface area contributed by atoms with Crippen molar-refractivity contribution in [3.63, 3.8) is 0 Å². The van der Waals surface area contributed by atoms with Crippen molar-refractivity contribution in [1.82, 2.24) is 19.7 Å². The minimum Gasteiger partial charge on any atom is -0.387 e. The molecule has 0 fully saturated rings. The molecule has 4 rings (SSSR count). The maximum absolute atomic E-state index is 12.1. The Morgan fingerprint density at radius 1 is 1.19 bits per heavy atom. The second-order valence-electron chi connectivity index (χ2n) is 6.08. The molecule has 3 aromatic heterocycles. The molecule has 8 heteroatoms. The molecule has 0 unspecified atom stereocenters. The fourth-order valence-corrected chi connectivity index (χ4v) is 3.55. The molecule has 0 saturated carbocycles. The van der Waals surface area contributed by atoms with Crippen LogP contribution in [0, 0.1) is 0 Å². The van der Waals surface area contributed by atoms with Gasteiger partial charge in [0.05, 0.1) is 4.88 Å². The topological polar surface area (TPSA) is 82.1 Å². The third kappa shape index (κ3) is 3.85. The standard InChI is InChI=1S/C19H18N4O3S/c24-17(13-23-19(25)26-18(21-23)16-7-3-12-27-16)20-9-4-10-22-11-8-14-5-1-2-6-15(14)22/h1-3,5-8,11-12H,4,9-10,13H2,(H,20,24). The predicted molar refractivity (Wildman–Crippen MR) is 104 cm³/mol. The van der Waals surface area contributed by atoms with Gasteiger partial charge in [-0.3, -0.25) is 4.79 Å². The third-order valence-corrected chi connectivity index (χ3v) is 5.07. The molecule has 1 N–H and O–H groups in total. The smallest absolute Gasteiger partial charge is 0.387 e. The van der Waals surface area contributed by atoms with Gasteiger partial charge in [0.15, 0.2) is 0 Å². The van der Waals surface area contributed by atoms with Gasteiger partial charge in [-0.25, -0.2) is 4.79 Å². The number of thiophene rings is 1. The third-order valence-electron chi connectivity index (χ3n) is 4.21. The van der Waals surface area contributed by atoms with Gasteiger partial charge in [-0.15, -0.1) is 16.4 Å². The van der Waals surface area contributed by atoms with Crippen molar-refractivity contribution in [3.05, 3.63) is 64.6 Å². The van der Waals surface area contributed by atoms with Gasteiger partial charge < -0.3 is 14.3 Å². The number of aromatic nitrogens is 3. The van der Waals surface area contributed by atoms with Crippen LogP contribution in [0.15, 0.2) is 63.3 Å². The Kier molecular flexibility index (Phi) is 4.88. The molecule has 7 nitrogen and oxygen atoms in total. The number of aryl methyl sites for hydroxylation is 1. The molecule has 1 amide bonds. The highest BCUT2D eigenvalue weighted by Gasteiger charge is 2.13. The number of benzene rings is 1. The summed E-state index contributed by atoms with van der Waals surface area (Å²) in [6.07, 6.45) is 2.84. The summed E-state index contributed by atoms with van der Waals surface area (Å²) >= 11 is 1.42. The molecule has 1 aromatic carbocycles. The lowest BCUT2D eigenvalue weighted by Crippen LogP contribution is -2.32. The van der Waals surface area contributed by atoms with E-state index in [9.17, 15) is 9.59 Å². The summed E-state index contributed by atoms with van der Waals surface area (Å²) in [6, 6.07) is 13.9. The van der Waals surface area contributed by atoms with Gasteiger partial charge >= 0.3 is 5.76 Å². The van der Waals surface area contributed by atoms with Crippen molar-refractivity contribution < 1.29 is 9.21 Å². The van der Waals surface area contributed by atoms with Gasteiger partial charge in [0.1, 0.15) is 6.54 Å². The summed E-state index contributed by atoms with van der Waals surface area (Å²) in [4.78, 5) is 24.7. The second-order valence-corrected chi connectivity index (χ2v) is 7.03. The van der Waals surface area contributed by atoms with E-state index in [-0.39, 0.29) is 18.3 Å². The predicted octanol–water partition coefficient (Wildman–Crippen LogP) is 2.73. The molecular weight excluding hydrogens is 364 g/mol. The summed E-state index contributed by atoms with van der Waals surface area (Å²) < 4.78 is 8.31. The highest BCUT2D eigenvalue weighted by atomic mass is 32.1. The highest BCUT2D eigenvalue weighted by molar-refractivity contribution is 7.13. The summed E-state index contributed by atoms with van der Waals surface area (Å²) in [6.45, 7) is 1.18. The Morgan fingerprint density at radius 2 is 2.07 bits per heavy atom. The maximum Gasteiger partial charge on any atom is 0.437 e. The molecule has 138 valence electrons. The monoisotopic (exact) mass is 382 g/mol. The van der Waals surface area contributed by atoms with E-state index in [0.717, 1.165) is 22.5 Å². The molecule has 0 atom stereocenters. The first kappa shape index (κ1) is 17.3. The maximum atomic E-state index is 12.1. The summed E-state index contributed by atoms with van der Waals surface area (Å²) in [5.74, 6) is -0.657. The van der Waals surface area contributed by atoms with Crippen molar-refractivity contribution in [3.8, 4) is 10.8 Å². The van der Waals surface area contributed by atoms with E-state index in [1.165, 1.54) is 22.2 Å². The Balaban J connectivity index is 1.28. The van der Waals surface area contributed by atoms with Crippen LogP contribution in [-0.2, 0) is 17.9 Å². The Hall–Kier alpha value is -3.13. The van der Waals surface area contributed by atoms with Gasteiger partial charge in [-0.05, 0) is 35.4 Å². The number of carbonyl (C=O) groups excluding carboxylic acids is 1. The van der Waals surface area contributed by atoms with Gasteiger partial charge in [0.25, 0.3) is 5.89 Å². The van der Waals surface area contributed by atoms with Crippen molar-refractivity contribution >= 4 is 28.1 Å². The first-order chi connectivity index (χ1) is 13.2. The van der Waals surface area contributed by atoms with Gasteiger partial charge in [0, 0.05) is 24.8 Å². The van der Waals surface area contributed by atoms with E-state index < -0.39 is 5.76 Å². The van der Waals surface area contributed by atoms with Crippen LogP contribution in [0.2, 0.25) is 0 Å². The number of hydrogen-bond donors (Lipinski definition) is 1. The number of rotatable bonds is 7. The second kappa shape index (κ2) is 7.63. The van der Waals surface area contributed by atoms with Crippen molar-refractivity contribution in [1.29, 1.82) is 0 Å². The zero-order valence-electron chi connectivity index (χ0n) is 14.5. The molecule has 0 aliphatic heterocycles. The van der Waals surface area contributed by atoms with Crippen LogP contribution >= 0.6 is 11.3 Å². The van der Waals surface area contributed by atoms with E-state index in [4.69, 9.17) is 4.42 Å². The first-order valence-electron chi connectivity index (χ1n) is 8.63. The number of nitrogens with zero attached hydrogens (tertiary/aromatic N) is 3. The van der Waals surface area contributed by atoms with Crippen molar-refractivity contribution in [2.45, 2.75) is 19.5 Å². The minimum atomic E-state index is -0.632. The van der Waals surface area contributed by atoms with Gasteiger partial charge in [-0.1, -0.05) is 24.3 Å². The average molecular weight is 382 g/mol. The van der Waals surface area contributed by atoms with Crippen molar-refractivity contribution in [2.24, 2.45) is 0 Å². The van der Waals surface area contributed by atoms with Gasteiger partial charge in [-0.2, -0.15) is 4.68 Å². The van der Waals surface area contributed by atoms with Crippen LogP contribution in [0.5, 0.6) is 0 Å². The van der Waals surface area contributed by atoms with Crippen molar-refractivity contribution in [2.75, 3.05) is 6.54 Å². The molecule has 0 aliphatic carbocycles. The number of hydrogen-bond acceptors (Lipinski definition) is 5.